The molecule has 5 heteroatoms. The Morgan fingerprint density at radius 3 is 2.54 bits per heavy atom. The molecule has 5 nitrogen and oxygen atoms in total. The number of nitrogens with zero attached hydrogens (tertiary/aromatic N) is 2. The van der Waals surface area contributed by atoms with Gasteiger partial charge >= 0.3 is 0 Å². The summed E-state index contributed by atoms with van der Waals surface area (Å²) in [5.41, 5.74) is 2.91. The number of anilines is 1. The molecular formula is C21H26N2O3. The molecule has 1 amide bonds. The molecule has 0 radical (unpaired) electrons. The molecule has 0 heterocycles. The fraction of sp³-hybridized carbons (Fsp3) is 0.333. The Labute approximate surface area is 155 Å². The molecule has 0 N–H and O–H groups in total. The van der Waals surface area contributed by atoms with Crippen molar-refractivity contribution in [2.45, 2.75) is 33.3 Å². The van der Waals surface area contributed by atoms with Gasteiger partial charge in [0.25, 0.3) is 5.91 Å². The molecule has 138 valence electrons. The van der Waals surface area contributed by atoms with Gasteiger partial charge in [-0.3, -0.25) is 4.79 Å². The zero-order chi connectivity index (χ0) is 18.9. The van der Waals surface area contributed by atoms with Gasteiger partial charge in [-0.05, 0) is 30.5 Å². The molecular weight excluding hydrogens is 328 g/mol. The van der Waals surface area contributed by atoms with Crippen LogP contribution in [0.1, 0.15) is 37.8 Å². The lowest BCUT2D eigenvalue weighted by Gasteiger charge is -2.22. The lowest BCUT2D eigenvalue weighted by molar-refractivity contribution is -0.112. The summed E-state index contributed by atoms with van der Waals surface area (Å²) in [5.74, 6) is 1.01. The Balaban J connectivity index is 2.24. The third kappa shape index (κ3) is 4.85. The Morgan fingerprint density at radius 1 is 1.15 bits per heavy atom. The van der Waals surface area contributed by atoms with Crippen LogP contribution in [0.3, 0.4) is 0 Å². The molecule has 0 bridgehead atoms. The molecule has 26 heavy (non-hydrogen) atoms. The summed E-state index contributed by atoms with van der Waals surface area (Å²) in [6, 6.07) is 15.8. The molecule has 2 aromatic carbocycles. The van der Waals surface area contributed by atoms with Crippen molar-refractivity contribution in [3.05, 3.63) is 59.7 Å². The van der Waals surface area contributed by atoms with Crippen LogP contribution in [0.5, 0.6) is 5.75 Å². The van der Waals surface area contributed by atoms with Crippen molar-refractivity contribution in [1.82, 2.24) is 0 Å². The van der Waals surface area contributed by atoms with E-state index < -0.39 is 0 Å². The minimum absolute atomic E-state index is 0.232. The minimum atomic E-state index is -0.232. The quantitative estimate of drug-likeness (QED) is 0.522. The Hall–Kier alpha value is -2.82. The largest absolute Gasteiger partial charge is 0.489 e. The van der Waals surface area contributed by atoms with Crippen LogP contribution < -0.4 is 9.64 Å². The minimum Gasteiger partial charge on any atom is -0.489 e. The van der Waals surface area contributed by atoms with E-state index in [1.807, 2.05) is 49.4 Å². The highest BCUT2D eigenvalue weighted by Crippen LogP contribution is 2.28. The first-order chi connectivity index (χ1) is 12.6. The van der Waals surface area contributed by atoms with E-state index in [0.717, 1.165) is 17.0 Å². The maximum absolute atomic E-state index is 12.4. The second-order valence-corrected chi connectivity index (χ2v) is 6.11. The summed E-state index contributed by atoms with van der Waals surface area (Å²) in [5, 5.41) is 3.57. The van der Waals surface area contributed by atoms with Gasteiger partial charge < -0.3 is 14.5 Å². The summed E-state index contributed by atoms with van der Waals surface area (Å²) < 4.78 is 6.08. The van der Waals surface area contributed by atoms with Gasteiger partial charge in [-0.25, -0.2) is 0 Å². The Morgan fingerprint density at radius 2 is 1.85 bits per heavy atom. The maximum Gasteiger partial charge on any atom is 0.272 e. The van der Waals surface area contributed by atoms with E-state index in [4.69, 9.17) is 4.74 Å². The average molecular weight is 354 g/mol. The predicted octanol–water partition coefficient (Wildman–Crippen LogP) is 4.37. The van der Waals surface area contributed by atoms with Crippen molar-refractivity contribution >= 4 is 17.8 Å². The predicted molar refractivity (Wildman–Crippen MR) is 105 cm³/mol. The van der Waals surface area contributed by atoms with Crippen molar-refractivity contribution < 1.29 is 14.4 Å². The van der Waals surface area contributed by atoms with Gasteiger partial charge in [0.1, 0.15) is 25.7 Å². The van der Waals surface area contributed by atoms with Gasteiger partial charge in [0, 0.05) is 12.1 Å². The van der Waals surface area contributed by atoms with E-state index in [0.29, 0.717) is 19.1 Å². The van der Waals surface area contributed by atoms with Gasteiger partial charge in [0.15, 0.2) is 0 Å². The molecule has 0 fully saturated rings. The first-order valence-electron chi connectivity index (χ1n) is 8.76. The van der Waals surface area contributed by atoms with Crippen LogP contribution in [0.25, 0.3) is 0 Å². The first kappa shape index (κ1) is 19.5. The second kappa shape index (κ2) is 9.61. The number of carbonyl (C=O) groups excluding carboxylic acids is 1. The maximum atomic E-state index is 12.4. The SMILES string of the molecule is CCN(C(=O)C=NOC)c1ccccc1COc1ccccc1C(C)C. The Bertz CT molecular complexity index is 756. The third-order valence-electron chi connectivity index (χ3n) is 4.06. The molecule has 0 aliphatic carbocycles. The standard InChI is InChI=1S/C21H26N2O3/c1-5-23(21(24)14-22-25-4)19-12-8-6-10-17(19)15-26-20-13-9-7-11-18(20)16(2)3/h6-14,16H,5,15H2,1-4H3. The monoisotopic (exact) mass is 354 g/mol. The number of para-hydroxylation sites is 2. The fourth-order valence-corrected chi connectivity index (χ4v) is 2.75. The number of oxime groups is 1. The molecule has 0 unspecified atom stereocenters. The summed E-state index contributed by atoms with van der Waals surface area (Å²) in [6.07, 6.45) is 1.18. The molecule has 0 saturated carbocycles. The van der Waals surface area contributed by atoms with Crippen LogP contribution >= 0.6 is 0 Å². The zero-order valence-electron chi connectivity index (χ0n) is 15.8. The second-order valence-electron chi connectivity index (χ2n) is 6.11. The van der Waals surface area contributed by atoms with Crippen molar-refractivity contribution in [3.8, 4) is 5.75 Å². The molecule has 0 aliphatic rings. The van der Waals surface area contributed by atoms with Crippen LogP contribution in [0.15, 0.2) is 53.7 Å². The van der Waals surface area contributed by atoms with Gasteiger partial charge in [-0.2, -0.15) is 0 Å². The van der Waals surface area contributed by atoms with Gasteiger partial charge in [0.05, 0.1) is 5.69 Å². The van der Waals surface area contributed by atoms with Crippen molar-refractivity contribution in [1.29, 1.82) is 0 Å². The van der Waals surface area contributed by atoms with E-state index >= 15 is 0 Å². The summed E-state index contributed by atoms with van der Waals surface area (Å²) >= 11 is 0. The molecule has 0 spiro atoms. The number of hydrogen-bond acceptors (Lipinski definition) is 4. The van der Waals surface area contributed by atoms with Crippen LogP contribution in [0.2, 0.25) is 0 Å². The van der Waals surface area contributed by atoms with Gasteiger partial charge in [0.2, 0.25) is 0 Å². The van der Waals surface area contributed by atoms with Crippen molar-refractivity contribution in [2.24, 2.45) is 5.16 Å². The fourth-order valence-electron chi connectivity index (χ4n) is 2.75. The summed E-state index contributed by atoms with van der Waals surface area (Å²) in [7, 11) is 1.41. The van der Waals surface area contributed by atoms with E-state index in [1.54, 1.807) is 4.90 Å². The highest BCUT2D eigenvalue weighted by atomic mass is 16.6. The third-order valence-corrected chi connectivity index (χ3v) is 4.06. The summed E-state index contributed by atoms with van der Waals surface area (Å²) in [4.78, 5) is 18.6. The first-order valence-corrected chi connectivity index (χ1v) is 8.76. The van der Waals surface area contributed by atoms with E-state index in [1.165, 1.54) is 18.9 Å². The smallest absolute Gasteiger partial charge is 0.272 e. The van der Waals surface area contributed by atoms with Gasteiger partial charge in [-0.15, -0.1) is 0 Å². The molecule has 0 aliphatic heterocycles. The molecule has 2 aromatic rings. The molecule has 0 saturated heterocycles. The highest BCUT2D eigenvalue weighted by Gasteiger charge is 2.16. The van der Waals surface area contributed by atoms with Crippen LogP contribution in [-0.4, -0.2) is 25.8 Å². The van der Waals surface area contributed by atoms with Crippen LogP contribution in [0, 0.1) is 0 Å². The van der Waals surface area contributed by atoms with Crippen molar-refractivity contribution in [2.75, 3.05) is 18.6 Å². The van der Waals surface area contributed by atoms with Gasteiger partial charge in [-0.1, -0.05) is 55.4 Å². The molecule has 2 rings (SSSR count). The van der Waals surface area contributed by atoms with E-state index in [2.05, 4.69) is 29.9 Å². The van der Waals surface area contributed by atoms with Crippen LogP contribution in [0.4, 0.5) is 5.69 Å². The Kier molecular flexibility index (Phi) is 7.21. The number of ether oxygens (including phenoxy) is 1. The lowest BCUT2D eigenvalue weighted by Crippen LogP contribution is -2.32. The number of benzene rings is 2. The molecule has 0 atom stereocenters. The lowest BCUT2D eigenvalue weighted by atomic mass is 10.0. The van der Waals surface area contributed by atoms with Crippen molar-refractivity contribution in [3.63, 3.8) is 0 Å². The normalized spacial score (nSPS) is 11.0. The average Bonchev–Trinajstić information content (AvgIpc) is 2.66. The van der Waals surface area contributed by atoms with Crippen LogP contribution in [-0.2, 0) is 16.2 Å². The topological polar surface area (TPSA) is 51.1 Å². The summed E-state index contributed by atoms with van der Waals surface area (Å²) in [6.45, 7) is 7.11. The number of carbonyl (C=O) groups is 1. The zero-order valence-corrected chi connectivity index (χ0v) is 15.8. The van der Waals surface area contributed by atoms with E-state index in [-0.39, 0.29) is 5.91 Å². The molecule has 0 aromatic heterocycles. The highest BCUT2D eigenvalue weighted by molar-refractivity contribution is 6.32. The van der Waals surface area contributed by atoms with E-state index in [9.17, 15) is 4.79 Å². The number of hydrogen-bond donors (Lipinski definition) is 0. The number of amides is 1. The number of rotatable bonds is 8.